The monoisotopic (exact) mass is 207 g/mol. The highest BCUT2D eigenvalue weighted by Crippen LogP contribution is 2.19. The average Bonchev–Trinajstić information content (AvgIpc) is 2.25. The average molecular weight is 207 g/mol. The van der Waals surface area contributed by atoms with Crippen molar-refractivity contribution in [1.29, 1.82) is 0 Å². The molecule has 15 heavy (non-hydrogen) atoms. The SMILES string of the molecule is C/C(=N\O)c1ccccc1OCC(C)C. The molecule has 0 aromatic heterocycles. The fourth-order valence-corrected chi connectivity index (χ4v) is 1.20. The van der Waals surface area contributed by atoms with Gasteiger partial charge in [0.25, 0.3) is 0 Å². The fourth-order valence-electron chi connectivity index (χ4n) is 1.20. The number of ether oxygens (including phenoxy) is 1. The van der Waals surface area contributed by atoms with Crippen molar-refractivity contribution in [3.63, 3.8) is 0 Å². The van der Waals surface area contributed by atoms with Crippen molar-refractivity contribution >= 4 is 5.71 Å². The Labute approximate surface area is 90.4 Å². The van der Waals surface area contributed by atoms with E-state index in [2.05, 4.69) is 19.0 Å². The molecule has 82 valence electrons. The van der Waals surface area contributed by atoms with E-state index >= 15 is 0 Å². The van der Waals surface area contributed by atoms with Gasteiger partial charge in [-0.05, 0) is 25.0 Å². The van der Waals surface area contributed by atoms with Crippen LogP contribution < -0.4 is 4.74 Å². The van der Waals surface area contributed by atoms with E-state index in [-0.39, 0.29) is 0 Å². The maximum absolute atomic E-state index is 8.72. The molecule has 0 fully saturated rings. The summed E-state index contributed by atoms with van der Waals surface area (Å²) in [7, 11) is 0. The minimum absolute atomic E-state index is 0.476. The molecule has 0 aliphatic heterocycles. The lowest BCUT2D eigenvalue weighted by Gasteiger charge is -2.12. The summed E-state index contributed by atoms with van der Waals surface area (Å²) in [6.07, 6.45) is 0. The summed E-state index contributed by atoms with van der Waals surface area (Å²) in [5.74, 6) is 1.24. The van der Waals surface area contributed by atoms with Crippen molar-refractivity contribution in [3.8, 4) is 5.75 Å². The Morgan fingerprint density at radius 2 is 2.07 bits per heavy atom. The second-order valence-corrected chi connectivity index (χ2v) is 3.89. The van der Waals surface area contributed by atoms with Gasteiger partial charge in [-0.1, -0.05) is 31.1 Å². The van der Waals surface area contributed by atoms with Crippen LogP contribution in [0, 0.1) is 5.92 Å². The van der Waals surface area contributed by atoms with Crippen LogP contribution in [-0.4, -0.2) is 17.5 Å². The van der Waals surface area contributed by atoms with Gasteiger partial charge in [-0.15, -0.1) is 0 Å². The number of rotatable bonds is 4. The molecule has 0 saturated heterocycles. The molecular weight excluding hydrogens is 190 g/mol. The van der Waals surface area contributed by atoms with Gasteiger partial charge in [0.2, 0.25) is 0 Å². The van der Waals surface area contributed by atoms with Crippen molar-refractivity contribution in [1.82, 2.24) is 0 Å². The molecule has 0 atom stereocenters. The van der Waals surface area contributed by atoms with E-state index in [1.807, 2.05) is 24.3 Å². The predicted molar refractivity (Wildman–Crippen MR) is 60.8 cm³/mol. The molecule has 0 radical (unpaired) electrons. The molecule has 0 unspecified atom stereocenters. The first-order valence-corrected chi connectivity index (χ1v) is 5.06. The molecule has 1 N–H and O–H groups in total. The number of nitrogens with zero attached hydrogens (tertiary/aromatic N) is 1. The van der Waals surface area contributed by atoms with E-state index in [1.165, 1.54) is 0 Å². The van der Waals surface area contributed by atoms with Crippen molar-refractivity contribution < 1.29 is 9.94 Å². The lowest BCUT2D eigenvalue weighted by atomic mass is 10.1. The maximum atomic E-state index is 8.72. The number of benzene rings is 1. The Hall–Kier alpha value is -1.51. The van der Waals surface area contributed by atoms with Crippen LogP contribution >= 0.6 is 0 Å². The summed E-state index contributed by atoms with van der Waals surface area (Å²) in [6, 6.07) is 7.56. The highest BCUT2D eigenvalue weighted by atomic mass is 16.5. The smallest absolute Gasteiger partial charge is 0.128 e. The third kappa shape index (κ3) is 3.27. The summed E-state index contributed by atoms with van der Waals surface area (Å²) in [5, 5.41) is 11.9. The van der Waals surface area contributed by atoms with Gasteiger partial charge in [0.15, 0.2) is 0 Å². The first-order valence-electron chi connectivity index (χ1n) is 5.06. The van der Waals surface area contributed by atoms with Crippen molar-refractivity contribution in [2.24, 2.45) is 11.1 Å². The van der Waals surface area contributed by atoms with Crippen LogP contribution in [0.15, 0.2) is 29.4 Å². The Balaban J connectivity index is 2.87. The van der Waals surface area contributed by atoms with Gasteiger partial charge in [0.05, 0.1) is 12.3 Å². The molecule has 1 rings (SSSR count). The molecule has 1 aromatic carbocycles. The molecule has 0 heterocycles. The number of hydrogen-bond acceptors (Lipinski definition) is 3. The van der Waals surface area contributed by atoms with Crippen LogP contribution in [0.1, 0.15) is 26.3 Å². The standard InChI is InChI=1S/C12H17NO2/c1-9(2)8-15-12-7-5-4-6-11(12)10(3)13-14/h4-7,9,14H,8H2,1-3H3/b13-10+. The van der Waals surface area contributed by atoms with Gasteiger partial charge in [0.1, 0.15) is 5.75 Å². The van der Waals surface area contributed by atoms with Crippen molar-refractivity contribution in [3.05, 3.63) is 29.8 Å². The highest BCUT2D eigenvalue weighted by molar-refractivity contribution is 6.00. The van der Waals surface area contributed by atoms with Crippen LogP contribution in [0.2, 0.25) is 0 Å². The van der Waals surface area contributed by atoms with Crippen LogP contribution in [0.25, 0.3) is 0 Å². The molecule has 0 aliphatic carbocycles. The van der Waals surface area contributed by atoms with Crippen molar-refractivity contribution in [2.75, 3.05) is 6.61 Å². The zero-order valence-electron chi connectivity index (χ0n) is 9.40. The van der Waals surface area contributed by atoms with Gasteiger partial charge in [-0.2, -0.15) is 0 Å². The third-order valence-electron chi connectivity index (χ3n) is 2.00. The normalized spacial score (nSPS) is 11.9. The topological polar surface area (TPSA) is 41.8 Å². The quantitative estimate of drug-likeness (QED) is 0.468. The maximum Gasteiger partial charge on any atom is 0.128 e. The predicted octanol–water partition coefficient (Wildman–Crippen LogP) is 2.92. The molecule has 0 amide bonds. The van der Waals surface area contributed by atoms with Gasteiger partial charge in [0, 0.05) is 5.56 Å². The second-order valence-electron chi connectivity index (χ2n) is 3.89. The molecule has 0 bridgehead atoms. The van der Waals surface area contributed by atoms with E-state index < -0.39 is 0 Å². The minimum Gasteiger partial charge on any atom is -0.493 e. The van der Waals surface area contributed by atoms with Crippen LogP contribution in [0.5, 0.6) is 5.75 Å². The first-order chi connectivity index (χ1) is 7.15. The largest absolute Gasteiger partial charge is 0.493 e. The Kier molecular flexibility index (Phi) is 4.16. The van der Waals surface area contributed by atoms with Gasteiger partial charge >= 0.3 is 0 Å². The third-order valence-corrected chi connectivity index (χ3v) is 2.00. The molecule has 3 nitrogen and oxygen atoms in total. The summed E-state index contributed by atoms with van der Waals surface area (Å²) in [4.78, 5) is 0. The van der Waals surface area contributed by atoms with E-state index in [4.69, 9.17) is 9.94 Å². The van der Waals surface area contributed by atoms with Crippen LogP contribution in [0.3, 0.4) is 0 Å². The zero-order valence-corrected chi connectivity index (χ0v) is 9.40. The van der Waals surface area contributed by atoms with E-state index in [1.54, 1.807) is 6.92 Å². The van der Waals surface area contributed by atoms with Crippen LogP contribution in [0.4, 0.5) is 0 Å². The lowest BCUT2D eigenvalue weighted by Crippen LogP contribution is -2.07. The molecule has 0 aliphatic rings. The van der Waals surface area contributed by atoms with E-state index in [9.17, 15) is 0 Å². The summed E-state index contributed by atoms with van der Waals surface area (Å²) in [6.45, 7) is 6.60. The highest BCUT2D eigenvalue weighted by Gasteiger charge is 2.06. The first kappa shape index (κ1) is 11.6. The number of oxime groups is 1. The molecule has 0 saturated carbocycles. The van der Waals surface area contributed by atoms with E-state index in [0.717, 1.165) is 11.3 Å². The fraction of sp³-hybridized carbons (Fsp3) is 0.417. The molecule has 1 aromatic rings. The van der Waals surface area contributed by atoms with Gasteiger partial charge in [-0.3, -0.25) is 0 Å². The number of hydrogen-bond donors (Lipinski definition) is 1. The summed E-state index contributed by atoms with van der Waals surface area (Å²) in [5.41, 5.74) is 1.40. The van der Waals surface area contributed by atoms with Crippen molar-refractivity contribution in [2.45, 2.75) is 20.8 Å². The van der Waals surface area contributed by atoms with Crippen LogP contribution in [-0.2, 0) is 0 Å². The zero-order chi connectivity index (χ0) is 11.3. The Morgan fingerprint density at radius 1 is 1.40 bits per heavy atom. The Morgan fingerprint density at radius 3 is 2.67 bits per heavy atom. The van der Waals surface area contributed by atoms with E-state index in [0.29, 0.717) is 18.2 Å². The number of para-hydroxylation sites is 1. The lowest BCUT2D eigenvalue weighted by molar-refractivity contribution is 0.270. The second kappa shape index (κ2) is 5.39. The molecule has 3 heteroatoms. The van der Waals surface area contributed by atoms with Gasteiger partial charge < -0.3 is 9.94 Å². The Bertz CT molecular complexity index is 345. The summed E-state index contributed by atoms with van der Waals surface area (Å²) < 4.78 is 5.63. The summed E-state index contributed by atoms with van der Waals surface area (Å²) >= 11 is 0. The minimum atomic E-state index is 0.476. The molecule has 0 spiro atoms. The molecular formula is C12H17NO2. The van der Waals surface area contributed by atoms with Gasteiger partial charge in [-0.25, -0.2) is 0 Å².